The smallest absolute Gasteiger partial charge is 0.243 e. The summed E-state index contributed by atoms with van der Waals surface area (Å²) in [6, 6.07) is 16.1. The topological polar surface area (TPSA) is 49.4 Å². The van der Waals surface area contributed by atoms with Crippen LogP contribution in [0, 0.1) is 13.8 Å². The van der Waals surface area contributed by atoms with Crippen LogP contribution in [0.5, 0.6) is 0 Å². The Morgan fingerprint density at radius 3 is 2.38 bits per heavy atom. The first-order chi connectivity index (χ1) is 15.5. The number of hydrogen-bond donors (Lipinski definition) is 1. The lowest BCUT2D eigenvalue weighted by atomic mass is 9.95. The lowest BCUT2D eigenvalue weighted by Gasteiger charge is -2.33. The van der Waals surface area contributed by atoms with Crippen LogP contribution in [0.4, 0.5) is 0 Å². The van der Waals surface area contributed by atoms with E-state index in [4.69, 9.17) is 0 Å². The third-order valence-electron chi connectivity index (χ3n) is 6.32. The van der Waals surface area contributed by atoms with Gasteiger partial charge in [0, 0.05) is 17.5 Å². The van der Waals surface area contributed by atoms with Crippen LogP contribution in [-0.2, 0) is 16.1 Å². The van der Waals surface area contributed by atoms with Crippen molar-refractivity contribution in [3.05, 3.63) is 65.2 Å². The van der Waals surface area contributed by atoms with Crippen LogP contribution in [0.15, 0.2) is 53.4 Å². The molecule has 0 spiro atoms. The molecule has 1 aliphatic rings. The Kier molecular flexibility index (Phi) is 9.22. The van der Waals surface area contributed by atoms with Crippen molar-refractivity contribution in [3.8, 4) is 0 Å². The van der Waals surface area contributed by atoms with E-state index in [1.165, 1.54) is 36.6 Å². The SMILES string of the molecule is CC[C@H](C(=O)NC1CCCCC1)N(Cc1ccccc1C)C(=O)CSc1ccc(C)cc1. The molecule has 1 saturated carbocycles. The van der Waals surface area contributed by atoms with Crippen molar-refractivity contribution in [2.24, 2.45) is 0 Å². The molecular weight excluding hydrogens is 416 g/mol. The Labute approximate surface area is 197 Å². The maximum absolute atomic E-state index is 13.4. The van der Waals surface area contributed by atoms with E-state index in [1.54, 1.807) is 4.90 Å². The van der Waals surface area contributed by atoms with Crippen molar-refractivity contribution < 1.29 is 9.59 Å². The molecule has 0 aromatic heterocycles. The van der Waals surface area contributed by atoms with E-state index >= 15 is 0 Å². The second-order valence-electron chi connectivity index (χ2n) is 8.82. The molecule has 5 heteroatoms. The van der Waals surface area contributed by atoms with E-state index in [0.717, 1.165) is 28.9 Å². The molecule has 0 saturated heterocycles. The van der Waals surface area contributed by atoms with Gasteiger partial charge in [0.25, 0.3) is 0 Å². The fourth-order valence-corrected chi connectivity index (χ4v) is 5.08. The first kappa shape index (κ1) is 24.4. The molecule has 0 aliphatic heterocycles. The highest BCUT2D eigenvalue weighted by Gasteiger charge is 2.30. The minimum Gasteiger partial charge on any atom is -0.352 e. The average molecular weight is 453 g/mol. The van der Waals surface area contributed by atoms with Gasteiger partial charge in [-0.1, -0.05) is 68.1 Å². The molecular formula is C27H36N2O2S. The molecule has 0 radical (unpaired) electrons. The Bertz CT molecular complexity index is 891. The maximum atomic E-state index is 13.4. The predicted molar refractivity (Wildman–Crippen MR) is 133 cm³/mol. The zero-order valence-corrected chi connectivity index (χ0v) is 20.4. The standard InChI is InChI=1S/C27H36N2O2S/c1-4-25(27(31)28-23-12-6-5-7-13-23)29(18-22-11-9-8-10-21(22)3)26(30)19-32-24-16-14-20(2)15-17-24/h8-11,14-17,23,25H,4-7,12-13,18-19H2,1-3H3,(H,28,31)/t25-/m1/s1. The highest BCUT2D eigenvalue weighted by Crippen LogP contribution is 2.23. The quantitative estimate of drug-likeness (QED) is 0.500. The molecule has 2 aromatic rings. The van der Waals surface area contributed by atoms with E-state index in [9.17, 15) is 9.59 Å². The van der Waals surface area contributed by atoms with E-state index in [-0.39, 0.29) is 17.9 Å². The van der Waals surface area contributed by atoms with E-state index in [1.807, 2.05) is 31.2 Å². The number of carbonyl (C=O) groups excluding carboxylic acids is 2. The Morgan fingerprint density at radius 2 is 1.72 bits per heavy atom. The average Bonchev–Trinajstić information content (AvgIpc) is 2.80. The lowest BCUT2D eigenvalue weighted by Crippen LogP contribution is -2.52. The van der Waals surface area contributed by atoms with Gasteiger partial charge in [-0.2, -0.15) is 0 Å². The number of thioether (sulfide) groups is 1. The molecule has 3 rings (SSSR count). The number of benzene rings is 2. The molecule has 1 N–H and O–H groups in total. The summed E-state index contributed by atoms with van der Waals surface area (Å²) >= 11 is 1.53. The molecule has 172 valence electrons. The molecule has 0 unspecified atom stereocenters. The van der Waals surface area contributed by atoms with Gasteiger partial charge < -0.3 is 10.2 Å². The fraction of sp³-hybridized carbons (Fsp3) is 0.481. The molecule has 0 heterocycles. The van der Waals surface area contributed by atoms with E-state index < -0.39 is 6.04 Å². The monoisotopic (exact) mass is 452 g/mol. The van der Waals surface area contributed by atoms with Crippen molar-refractivity contribution in [2.45, 2.75) is 82.8 Å². The number of hydrogen-bond acceptors (Lipinski definition) is 3. The number of carbonyl (C=O) groups is 2. The van der Waals surface area contributed by atoms with Crippen molar-refractivity contribution in [1.82, 2.24) is 10.2 Å². The lowest BCUT2D eigenvalue weighted by molar-refractivity contribution is -0.139. The Morgan fingerprint density at radius 1 is 1.03 bits per heavy atom. The van der Waals surface area contributed by atoms with Crippen LogP contribution >= 0.6 is 11.8 Å². The third-order valence-corrected chi connectivity index (χ3v) is 7.32. The summed E-state index contributed by atoms with van der Waals surface area (Å²) in [5, 5.41) is 3.25. The number of amides is 2. The molecule has 1 atom stereocenters. The van der Waals surface area contributed by atoms with Gasteiger partial charge in [-0.25, -0.2) is 0 Å². The third kappa shape index (κ3) is 6.86. The van der Waals surface area contributed by atoms with Crippen LogP contribution in [0.1, 0.15) is 62.1 Å². The minimum absolute atomic E-state index is 0.00414. The molecule has 2 amide bonds. The van der Waals surface area contributed by atoms with Crippen molar-refractivity contribution in [1.29, 1.82) is 0 Å². The molecule has 1 fully saturated rings. The minimum atomic E-state index is -0.456. The summed E-state index contributed by atoms with van der Waals surface area (Å²) in [4.78, 5) is 29.5. The molecule has 2 aromatic carbocycles. The van der Waals surface area contributed by atoms with Gasteiger partial charge in [0.1, 0.15) is 6.04 Å². The number of nitrogens with one attached hydrogen (secondary N) is 1. The van der Waals surface area contributed by atoms with Crippen molar-refractivity contribution in [2.75, 3.05) is 5.75 Å². The van der Waals surface area contributed by atoms with Gasteiger partial charge in [-0.3, -0.25) is 9.59 Å². The summed E-state index contributed by atoms with van der Waals surface area (Å²) in [6.45, 7) is 6.56. The first-order valence-corrected chi connectivity index (χ1v) is 12.8. The number of rotatable bonds is 9. The Hall–Kier alpha value is -2.27. The summed E-state index contributed by atoms with van der Waals surface area (Å²) in [6.07, 6.45) is 6.26. The summed E-state index contributed by atoms with van der Waals surface area (Å²) in [7, 11) is 0. The largest absolute Gasteiger partial charge is 0.352 e. The predicted octanol–water partition coefficient (Wildman–Crippen LogP) is 5.65. The number of aryl methyl sites for hydroxylation is 2. The molecule has 0 bridgehead atoms. The van der Waals surface area contributed by atoms with Crippen LogP contribution in [0.3, 0.4) is 0 Å². The maximum Gasteiger partial charge on any atom is 0.243 e. The fourth-order valence-electron chi connectivity index (χ4n) is 4.30. The van der Waals surface area contributed by atoms with Gasteiger partial charge >= 0.3 is 0 Å². The van der Waals surface area contributed by atoms with Crippen molar-refractivity contribution in [3.63, 3.8) is 0 Å². The Balaban J connectivity index is 1.75. The second-order valence-corrected chi connectivity index (χ2v) is 9.87. The van der Waals surface area contributed by atoms with Gasteiger partial charge in [0.15, 0.2) is 0 Å². The summed E-state index contributed by atoms with van der Waals surface area (Å²) in [5.74, 6) is 0.313. The molecule has 1 aliphatic carbocycles. The van der Waals surface area contributed by atoms with Gasteiger partial charge in [0.2, 0.25) is 11.8 Å². The van der Waals surface area contributed by atoms with Gasteiger partial charge in [-0.15, -0.1) is 11.8 Å². The molecule has 32 heavy (non-hydrogen) atoms. The van der Waals surface area contributed by atoms with E-state index in [0.29, 0.717) is 18.7 Å². The number of nitrogens with zero attached hydrogens (tertiary/aromatic N) is 1. The van der Waals surface area contributed by atoms with Crippen LogP contribution in [0.2, 0.25) is 0 Å². The summed E-state index contributed by atoms with van der Waals surface area (Å²) in [5.41, 5.74) is 3.43. The normalized spacial score (nSPS) is 15.2. The van der Waals surface area contributed by atoms with E-state index in [2.05, 4.69) is 43.4 Å². The van der Waals surface area contributed by atoms with Crippen LogP contribution < -0.4 is 5.32 Å². The van der Waals surface area contributed by atoms with Crippen LogP contribution in [0.25, 0.3) is 0 Å². The highest BCUT2D eigenvalue weighted by molar-refractivity contribution is 8.00. The van der Waals surface area contributed by atoms with Crippen molar-refractivity contribution >= 4 is 23.6 Å². The van der Waals surface area contributed by atoms with Gasteiger partial charge in [0.05, 0.1) is 5.75 Å². The van der Waals surface area contributed by atoms with Gasteiger partial charge in [-0.05, 0) is 56.4 Å². The zero-order chi connectivity index (χ0) is 22.9. The van der Waals surface area contributed by atoms with Crippen LogP contribution in [-0.4, -0.2) is 34.6 Å². The summed E-state index contributed by atoms with van der Waals surface area (Å²) < 4.78 is 0. The first-order valence-electron chi connectivity index (χ1n) is 11.8. The molecule has 4 nitrogen and oxygen atoms in total. The highest BCUT2D eigenvalue weighted by atomic mass is 32.2. The zero-order valence-electron chi connectivity index (χ0n) is 19.6. The second kappa shape index (κ2) is 12.1.